The summed E-state index contributed by atoms with van der Waals surface area (Å²) in [5, 5.41) is 0.206. The molecule has 0 saturated heterocycles. The molecule has 0 fully saturated rings. The predicted molar refractivity (Wildman–Crippen MR) is 80.8 cm³/mol. The molecule has 0 aromatic heterocycles. The van der Waals surface area contributed by atoms with Gasteiger partial charge in [-0.25, -0.2) is 12.8 Å². The van der Waals surface area contributed by atoms with Crippen LogP contribution >= 0.6 is 27.5 Å². The molecule has 0 radical (unpaired) electrons. The second-order valence-electron chi connectivity index (χ2n) is 3.91. The average molecular weight is 380 g/mol. The maximum Gasteiger partial charge on any atom is 0.264 e. The highest BCUT2D eigenvalue weighted by molar-refractivity contribution is 9.10. The average Bonchev–Trinajstić information content (AvgIpc) is 2.35. The summed E-state index contributed by atoms with van der Waals surface area (Å²) in [6.45, 7) is 0. The van der Waals surface area contributed by atoms with E-state index < -0.39 is 15.8 Å². The minimum atomic E-state index is -4.02. The molecule has 106 valence electrons. The first kappa shape index (κ1) is 15.1. The van der Waals surface area contributed by atoms with Crippen LogP contribution in [0.5, 0.6) is 0 Å². The van der Waals surface area contributed by atoms with Crippen LogP contribution in [0.3, 0.4) is 0 Å². The number of hydrogen-bond donors (Lipinski definition) is 2. The molecular formula is C12H9BrClFN2O2S. The van der Waals surface area contributed by atoms with Crippen molar-refractivity contribution in [3.63, 3.8) is 0 Å². The van der Waals surface area contributed by atoms with E-state index in [4.69, 9.17) is 17.3 Å². The molecule has 0 amide bonds. The zero-order chi connectivity index (χ0) is 14.9. The van der Waals surface area contributed by atoms with E-state index in [2.05, 4.69) is 20.7 Å². The Kier molecular flexibility index (Phi) is 4.22. The monoisotopic (exact) mass is 378 g/mol. The molecule has 2 aromatic carbocycles. The summed E-state index contributed by atoms with van der Waals surface area (Å²) in [5.74, 6) is -0.693. The Morgan fingerprint density at radius 3 is 2.55 bits per heavy atom. The van der Waals surface area contributed by atoms with Crippen molar-refractivity contribution >= 4 is 48.9 Å². The van der Waals surface area contributed by atoms with Gasteiger partial charge in [0.25, 0.3) is 10.0 Å². The Bertz CT molecular complexity index is 768. The Labute approximate surface area is 128 Å². The Balaban J connectivity index is 2.43. The van der Waals surface area contributed by atoms with Crippen LogP contribution < -0.4 is 10.5 Å². The number of sulfonamides is 1. The summed E-state index contributed by atoms with van der Waals surface area (Å²) in [6.07, 6.45) is 0. The smallest absolute Gasteiger partial charge is 0.264 e. The van der Waals surface area contributed by atoms with Gasteiger partial charge in [0.2, 0.25) is 0 Å². The Morgan fingerprint density at radius 2 is 1.90 bits per heavy atom. The number of benzene rings is 2. The van der Waals surface area contributed by atoms with Crippen molar-refractivity contribution in [3.8, 4) is 0 Å². The van der Waals surface area contributed by atoms with Crippen molar-refractivity contribution in [1.29, 1.82) is 0 Å². The van der Waals surface area contributed by atoms with Crippen molar-refractivity contribution in [1.82, 2.24) is 0 Å². The van der Waals surface area contributed by atoms with Gasteiger partial charge in [0.1, 0.15) is 10.7 Å². The third kappa shape index (κ3) is 3.23. The van der Waals surface area contributed by atoms with Crippen LogP contribution in [0.4, 0.5) is 15.8 Å². The van der Waals surface area contributed by atoms with E-state index in [0.717, 1.165) is 12.1 Å². The van der Waals surface area contributed by atoms with E-state index >= 15 is 0 Å². The van der Waals surface area contributed by atoms with Crippen LogP contribution in [0.15, 0.2) is 45.8 Å². The summed E-state index contributed by atoms with van der Waals surface area (Å²) in [7, 11) is -4.02. The number of halogens is 3. The molecule has 4 nitrogen and oxygen atoms in total. The van der Waals surface area contributed by atoms with Crippen LogP contribution in [0.1, 0.15) is 0 Å². The van der Waals surface area contributed by atoms with Crippen LogP contribution in [-0.4, -0.2) is 8.42 Å². The molecule has 0 unspecified atom stereocenters. The van der Waals surface area contributed by atoms with Gasteiger partial charge in [0.15, 0.2) is 0 Å². The van der Waals surface area contributed by atoms with Crippen LogP contribution in [0, 0.1) is 5.82 Å². The molecule has 0 aliphatic rings. The quantitative estimate of drug-likeness (QED) is 0.800. The lowest BCUT2D eigenvalue weighted by Crippen LogP contribution is -2.15. The third-order valence-electron chi connectivity index (χ3n) is 2.44. The third-order valence-corrected chi connectivity index (χ3v) is 4.67. The summed E-state index contributed by atoms with van der Waals surface area (Å²) >= 11 is 9.14. The number of nitrogens with one attached hydrogen (secondary N) is 1. The highest BCUT2D eigenvalue weighted by atomic mass is 79.9. The zero-order valence-corrected chi connectivity index (χ0v) is 13.1. The highest BCUT2D eigenvalue weighted by Crippen LogP contribution is 2.29. The first-order chi connectivity index (χ1) is 9.29. The maximum atomic E-state index is 13.2. The fraction of sp³-hybridized carbons (Fsp3) is 0. The van der Waals surface area contributed by atoms with Gasteiger partial charge >= 0.3 is 0 Å². The zero-order valence-electron chi connectivity index (χ0n) is 9.90. The van der Waals surface area contributed by atoms with Gasteiger partial charge in [-0.1, -0.05) is 27.5 Å². The lowest BCUT2D eigenvalue weighted by atomic mass is 10.3. The molecule has 0 aliphatic carbocycles. The van der Waals surface area contributed by atoms with E-state index in [-0.39, 0.29) is 21.3 Å². The lowest BCUT2D eigenvalue weighted by molar-refractivity contribution is 0.596. The predicted octanol–water partition coefficient (Wildman–Crippen LogP) is 3.62. The van der Waals surface area contributed by atoms with Crippen LogP contribution in [-0.2, 0) is 10.0 Å². The van der Waals surface area contributed by atoms with Crippen molar-refractivity contribution in [3.05, 3.63) is 51.7 Å². The number of rotatable bonds is 3. The first-order valence-corrected chi connectivity index (χ1v) is 7.98. The second kappa shape index (κ2) is 5.59. The number of nitrogen functional groups attached to an aromatic ring is 1. The minimum absolute atomic E-state index is 0.0489. The van der Waals surface area contributed by atoms with Crippen molar-refractivity contribution in [2.45, 2.75) is 4.90 Å². The molecular weight excluding hydrogens is 371 g/mol. The number of hydrogen-bond acceptors (Lipinski definition) is 3. The van der Waals surface area contributed by atoms with E-state index in [1.807, 2.05) is 0 Å². The van der Waals surface area contributed by atoms with Crippen molar-refractivity contribution < 1.29 is 12.8 Å². The van der Waals surface area contributed by atoms with Crippen LogP contribution in [0.2, 0.25) is 5.02 Å². The van der Waals surface area contributed by atoms with Gasteiger partial charge in [-0.15, -0.1) is 0 Å². The highest BCUT2D eigenvalue weighted by Gasteiger charge is 2.19. The van der Waals surface area contributed by atoms with Gasteiger partial charge in [0, 0.05) is 4.47 Å². The molecule has 2 rings (SSSR count). The molecule has 0 heterocycles. The minimum Gasteiger partial charge on any atom is -0.398 e. The molecule has 0 atom stereocenters. The topological polar surface area (TPSA) is 72.2 Å². The van der Waals surface area contributed by atoms with Crippen molar-refractivity contribution in [2.24, 2.45) is 0 Å². The molecule has 8 heteroatoms. The van der Waals surface area contributed by atoms with E-state index in [9.17, 15) is 12.8 Å². The normalized spacial score (nSPS) is 11.3. The Hall–Kier alpha value is -1.31. The fourth-order valence-electron chi connectivity index (χ4n) is 1.51. The molecule has 0 bridgehead atoms. The van der Waals surface area contributed by atoms with Gasteiger partial charge in [0.05, 0.1) is 16.4 Å². The second-order valence-corrected chi connectivity index (χ2v) is 6.89. The molecule has 2 aromatic rings. The summed E-state index contributed by atoms with van der Waals surface area (Å²) in [4.78, 5) is -0.337. The van der Waals surface area contributed by atoms with Crippen LogP contribution in [0.25, 0.3) is 0 Å². The summed E-state index contributed by atoms with van der Waals surface area (Å²) in [5.41, 5.74) is 5.70. The SMILES string of the molecule is Nc1ccc(F)cc1S(=O)(=O)Nc1ccc(Br)cc1Cl. The van der Waals surface area contributed by atoms with Gasteiger partial charge in [-0.05, 0) is 36.4 Å². The molecule has 3 N–H and O–H groups in total. The van der Waals surface area contributed by atoms with Crippen molar-refractivity contribution in [2.75, 3.05) is 10.5 Å². The molecule has 0 spiro atoms. The van der Waals surface area contributed by atoms with Gasteiger partial charge < -0.3 is 5.73 Å². The number of anilines is 2. The molecule has 0 aliphatic heterocycles. The maximum absolute atomic E-state index is 13.2. The fourth-order valence-corrected chi connectivity index (χ4v) is 3.51. The Morgan fingerprint density at radius 1 is 1.20 bits per heavy atom. The number of nitrogens with two attached hydrogens (primary N) is 1. The lowest BCUT2D eigenvalue weighted by Gasteiger charge is -2.11. The summed E-state index contributed by atoms with van der Waals surface area (Å²) in [6, 6.07) is 7.77. The van der Waals surface area contributed by atoms with Gasteiger partial charge in [-0.3, -0.25) is 4.72 Å². The first-order valence-electron chi connectivity index (χ1n) is 5.32. The standard InChI is InChI=1S/C12H9BrClFN2O2S/c13-7-1-4-11(9(14)5-7)17-20(18,19)12-6-8(15)2-3-10(12)16/h1-6,17H,16H2. The molecule has 20 heavy (non-hydrogen) atoms. The van der Waals surface area contributed by atoms with E-state index in [1.54, 1.807) is 6.07 Å². The molecule has 0 saturated carbocycles. The van der Waals surface area contributed by atoms with Gasteiger partial charge in [-0.2, -0.15) is 0 Å². The summed E-state index contributed by atoms with van der Waals surface area (Å²) < 4.78 is 40.5. The van der Waals surface area contributed by atoms with E-state index in [0.29, 0.717) is 4.47 Å². The van der Waals surface area contributed by atoms with E-state index in [1.165, 1.54) is 18.2 Å². The largest absolute Gasteiger partial charge is 0.398 e.